The van der Waals surface area contributed by atoms with Crippen LogP contribution in [-0.4, -0.2) is 0 Å². The van der Waals surface area contributed by atoms with Gasteiger partial charge in [0.05, 0.1) is 6.07 Å². The van der Waals surface area contributed by atoms with Gasteiger partial charge in [0.1, 0.15) is 11.9 Å². The molecule has 0 saturated carbocycles. The first kappa shape index (κ1) is 14.5. The van der Waals surface area contributed by atoms with Crippen LogP contribution in [-0.2, 0) is 5.41 Å². The quantitative estimate of drug-likeness (QED) is 0.875. The number of anilines is 1. The van der Waals surface area contributed by atoms with Crippen molar-refractivity contribution in [2.75, 3.05) is 5.32 Å². The highest BCUT2D eigenvalue weighted by atomic mass is 32.1. The van der Waals surface area contributed by atoms with Crippen LogP contribution >= 0.6 is 11.3 Å². The van der Waals surface area contributed by atoms with E-state index in [1.54, 1.807) is 23.5 Å². The zero-order valence-electron chi connectivity index (χ0n) is 11.8. The molecule has 1 unspecified atom stereocenters. The molecule has 0 radical (unpaired) electrons. The number of rotatable bonds is 3. The number of nitrogens with one attached hydrogen (secondary N) is 1. The summed E-state index contributed by atoms with van der Waals surface area (Å²) in [5, 5.41) is 12.4. The second-order valence-corrected chi connectivity index (χ2v) is 6.78. The molecule has 2 aromatic rings. The van der Waals surface area contributed by atoms with Crippen LogP contribution in [0.2, 0.25) is 0 Å². The Balaban J connectivity index is 2.21. The standard InChI is InChI=1S/C16H17FN2S/c1-16(2,3)15-8-7-14(20-15)13(10-18)19-12-6-4-5-11(17)9-12/h4-9,13,19H,1-3H3. The average molecular weight is 288 g/mol. The molecule has 2 rings (SSSR count). The Kier molecular flexibility index (Phi) is 4.10. The van der Waals surface area contributed by atoms with Crippen molar-refractivity contribution in [3.05, 3.63) is 52.0 Å². The lowest BCUT2D eigenvalue weighted by Crippen LogP contribution is -2.08. The highest BCUT2D eigenvalue weighted by molar-refractivity contribution is 7.12. The van der Waals surface area contributed by atoms with Gasteiger partial charge in [-0.3, -0.25) is 0 Å². The van der Waals surface area contributed by atoms with Crippen molar-refractivity contribution in [1.82, 2.24) is 0 Å². The maximum Gasteiger partial charge on any atom is 0.149 e. The Labute approximate surface area is 122 Å². The molecule has 0 aliphatic rings. The zero-order valence-corrected chi connectivity index (χ0v) is 12.6. The molecule has 104 valence electrons. The molecule has 1 N–H and O–H groups in total. The van der Waals surface area contributed by atoms with E-state index < -0.39 is 6.04 Å². The molecule has 1 atom stereocenters. The molecule has 0 fully saturated rings. The number of hydrogen-bond donors (Lipinski definition) is 1. The van der Waals surface area contributed by atoms with Crippen molar-refractivity contribution in [1.29, 1.82) is 5.26 Å². The van der Waals surface area contributed by atoms with E-state index in [-0.39, 0.29) is 11.2 Å². The lowest BCUT2D eigenvalue weighted by atomic mass is 9.95. The van der Waals surface area contributed by atoms with Crippen LogP contribution in [0.25, 0.3) is 0 Å². The van der Waals surface area contributed by atoms with E-state index >= 15 is 0 Å². The minimum absolute atomic E-state index is 0.0712. The first-order valence-electron chi connectivity index (χ1n) is 6.42. The van der Waals surface area contributed by atoms with Gasteiger partial charge in [0.25, 0.3) is 0 Å². The van der Waals surface area contributed by atoms with Crippen LogP contribution in [0.15, 0.2) is 36.4 Å². The Morgan fingerprint density at radius 2 is 2.00 bits per heavy atom. The molecule has 20 heavy (non-hydrogen) atoms. The summed E-state index contributed by atoms with van der Waals surface area (Å²) in [7, 11) is 0. The van der Waals surface area contributed by atoms with Crippen molar-refractivity contribution in [2.45, 2.75) is 32.2 Å². The molecule has 4 heteroatoms. The van der Waals surface area contributed by atoms with E-state index in [0.717, 1.165) is 4.88 Å². The summed E-state index contributed by atoms with van der Waals surface area (Å²) >= 11 is 1.62. The first-order valence-corrected chi connectivity index (χ1v) is 7.24. The maximum atomic E-state index is 13.2. The van der Waals surface area contributed by atoms with Crippen LogP contribution in [0.4, 0.5) is 10.1 Å². The fourth-order valence-electron chi connectivity index (χ4n) is 1.82. The van der Waals surface area contributed by atoms with Crippen molar-refractivity contribution < 1.29 is 4.39 Å². The zero-order chi connectivity index (χ0) is 14.8. The first-order chi connectivity index (χ1) is 9.40. The topological polar surface area (TPSA) is 35.8 Å². The average Bonchev–Trinajstić information content (AvgIpc) is 2.85. The van der Waals surface area contributed by atoms with Gasteiger partial charge < -0.3 is 5.32 Å². The molecule has 1 heterocycles. The van der Waals surface area contributed by atoms with Crippen molar-refractivity contribution in [3.63, 3.8) is 0 Å². The van der Waals surface area contributed by atoms with Crippen LogP contribution in [0, 0.1) is 17.1 Å². The van der Waals surface area contributed by atoms with Gasteiger partial charge in [-0.25, -0.2) is 4.39 Å². The molecule has 0 aliphatic carbocycles. The van der Waals surface area contributed by atoms with Gasteiger partial charge in [0, 0.05) is 15.4 Å². The van der Waals surface area contributed by atoms with Gasteiger partial charge in [-0.05, 0) is 35.7 Å². The largest absolute Gasteiger partial charge is 0.365 e. The number of halogens is 1. The van der Waals surface area contributed by atoms with Crippen molar-refractivity contribution in [3.8, 4) is 6.07 Å². The second kappa shape index (κ2) is 5.64. The molecule has 2 nitrogen and oxygen atoms in total. The predicted octanol–water partition coefficient (Wildman–Crippen LogP) is 4.86. The van der Waals surface area contributed by atoms with E-state index in [2.05, 4.69) is 38.2 Å². The van der Waals surface area contributed by atoms with Gasteiger partial charge in [-0.1, -0.05) is 26.8 Å². The summed E-state index contributed by atoms with van der Waals surface area (Å²) in [5.41, 5.74) is 0.684. The van der Waals surface area contributed by atoms with E-state index in [0.29, 0.717) is 5.69 Å². The smallest absolute Gasteiger partial charge is 0.149 e. The monoisotopic (exact) mass is 288 g/mol. The molecular weight excluding hydrogens is 271 g/mol. The summed E-state index contributed by atoms with van der Waals surface area (Å²) in [4.78, 5) is 2.18. The van der Waals surface area contributed by atoms with Gasteiger partial charge in [-0.15, -0.1) is 11.3 Å². The van der Waals surface area contributed by atoms with E-state index in [4.69, 9.17) is 0 Å². The van der Waals surface area contributed by atoms with Crippen LogP contribution in [0.5, 0.6) is 0 Å². The molecule has 0 aliphatic heterocycles. The number of thiophene rings is 1. The molecule has 0 amide bonds. The van der Waals surface area contributed by atoms with E-state index in [9.17, 15) is 9.65 Å². The second-order valence-electron chi connectivity index (χ2n) is 5.67. The van der Waals surface area contributed by atoms with Gasteiger partial charge in [0.2, 0.25) is 0 Å². The summed E-state index contributed by atoms with van der Waals surface area (Å²) < 4.78 is 13.2. The van der Waals surface area contributed by atoms with Gasteiger partial charge >= 0.3 is 0 Å². The lowest BCUT2D eigenvalue weighted by Gasteiger charge is -2.16. The normalized spacial score (nSPS) is 12.8. The highest BCUT2D eigenvalue weighted by Gasteiger charge is 2.19. The highest BCUT2D eigenvalue weighted by Crippen LogP contribution is 2.33. The fraction of sp³-hybridized carbons (Fsp3) is 0.312. The van der Waals surface area contributed by atoms with Crippen LogP contribution < -0.4 is 5.32 Å². The molecular formula is C16H17FN2S. The number of benzene rings is 1. The predicted molar refractivity (Wildman–Crippen MR) is 81.4 cm³/mol. The lowest BCUT2D eigenvalue weighted by molar-refractivity contribution is 0.604. The Morgan fingerprint density at radius 1 is 1.25 bits per heavy atom. The third-order valence-corrected chi connectivity index (χ3v) is 4.49. The summed E-state index contributed by atoms with van der Waals surface area (Å²) in [5.74, 6) is -0.312. The Hall–Kier alpha value is -1.86. The van der Waals surface area contributed by atoms with Crippen molar-refractivity contribution >= 4 is 17.0 Å². The van der Waals surface area contributed by atoms with Crippen LogP contribution in [0.3, 0.4) is 0 Å². The Morgan fingerprint density at radius 3 is 2.55 bits per heavy atom. The van der Waals surface area contributed by atoms with Crippen molar-refractivity contribution in [2.24, 2.45) is 0 Å². The number of nitriles is 1. The molecule has 1 aromatic heterocycles. The molecule has 1 aromatic carbocycles. The SMILES string of the molecule is CC(C)(C)c1ccc(C(C#N)Nc2cccc(F)c2)s1. The third kappa shape index (κ3) is 3.37. The maximum absolute atomic E-state index is 13.2. The minimum Gasteiger partial charge on any atom is -0.365 e. The molecule has 0 bridgehead atoms. The fourth-order valence-corrected chi connectivity index (χ4v) is 2.88. The number of nitrogens with zero attached hydrogens (tertiary/aromatic N) is 1. The van der Waals surface area contributed by atoms with E-state index in [1.165, 1.54) is 17.0 Å². The summed E-state index contributed by atoms with van der Waals surface area (Å²) in [6, 6.07) is 11.9. The molecule has 0 spiro atoms. The van der Waals surface area contributed by atoms with Gasteiger partial charge in [-0.2, -0.15) is 5.26 Å². The number of hydrogen-bond acceptors (Lipinski definition) is 3. The van der Waals surface area contributed by atoms with E-state index in [1.807, 2.05) is 6.07 Å². The summed E-state index contributed by atoms with van der Waals surface area (Å²) in [6.45, 7) is 6.43. The summed E-state index contributed by atoms with van der Waals surface area (Å²) in [6.07, 6.45) is 0. The van der Waals surface area contributed by atoms with Crippen LogP contribution in [0.1, 0.15) is 36.6 Å². The molecule has 0 saturated heterocycles. The minimum atomic E-state index is -0.460. The van der Waals surface area contributed by atoms with Gasteiger partial charge in [0.15, 0.2) is 0 Å². The third-order valence-electron chi connectivity index (χ3n) is 2.92. The Bertz CT molecular complexity index is 634.